The van der Waals surface area contributed by atoms with E-state index in [9.17, 15) is 9.90 Å². The second-order valence-electron chi connectivity index (χ2n) is 7.01. The molecule has 0 aliphatic carbocycles. The van der Waals surface area contributed by atoms with Gasteiger partial charge >= 0.3 is 0 Å². The maximum absolute atomic E-state index is 12.8. The summed E-state index contributed by atoms with van der Waals surface area (Å²) in [7, 11) is 3.03. The van der Waals surface area contributed by atoms with Gasteiger partial charge in [-0.25, -0.2) is 0 Å². The van der Waals surface area contributed by atoms with E-state index in [-0.39, 0.29) is 11.5 Å². The van der Waals surface area contributed by atoms with Crippen molar-refractivity contribution in [3.05, 3.63) is 87.4 Å². The van der Waals surface area contributed by atoms with Crippen LogP contribution in [0.5, 0.6) is 23.0 Å². The second kappa shape index (κ2) is 10.9. The average molecular weight is 497 g/mol. The summed E-state index contributed by atoms with van der Waals surface area (Å²) in [5.41, 5.74) is 2.92. The van der Waals surface area contributed by atoms with Gasteiger partial charge in [0.05, 0.1) is 18.7 Å². The van der Waals surface area contributed by atoms with Crippen LogP contribution < -0.4 is 14.2 Å². The Morgan fingerprint density at radius 1 is 1.03 bits per heavy atom. The lowest BCUT2D eigenvalue weighted by atomic mass is 10.1. The lowest BCUT2D eigenvalue weighted by molar-refractivity contribution is 0.104. The smallest absolute Gasteiger partial charge is 0.203 e. The number of ether oxygens (including phenoxy) is 3. The molecule has 0 saturated carbocycles. The lowest BCUT2D eigenvalue weighted by Crippen LogP contribution is -2.03. The molecule has 0 bridgehead atoms. The van der Waals surface area contributed by atoms with Gasteiger partial charge in [-0.3, -0.25) is 4.79 Å². The van der Waals surface area contributed by atoms with Gasteiger partial charge in [-0.1, -0.05) is 49.4 Å². The number of allylic oxidation sites excluding steroid dienone is 1. The number of hydrogen-bond donors (Lipinski definition) is 1. The molecule has 0 saturated heterocycles. The van der Waals surface area contributed by atoms with Crippen LogP contribution in [0.4, 0.5) is 0 Å². The Bertz CT molecular complexity index is 1100. The first kappa shape index (κ1) is 23.4. The van der Waals surface area contributed by atoms with Gasteiger partial charge < -0.3 is 19.3 Å². The van der Waals surface area contributed by atoms with Crippen molar-refractivity contribution in [2.45, 2.75) is 20.0 Å². The predicted octanol–water partition coefficient (Wildman–Crippen LogP) is 6.21. The molecule has 6 heteroatoms. The highest BCUT2D eigenvalue weighted by Gasteiger charge is 2.17. The summed E-state index contributed by atoms with van der Waals surface area (Å²) in [6, 6.07) is 16.7. The molecule has 0 heterocycles. The van der Waals surface area contributed by atoms with Crippen LogP contribution in [0.15, 0.2) is 65.1 Å². The average Bonchev–Trinajstić information content (AvgIpc) is 2.83. The van der Waals surface area contributed by atoms with Crippen molar-refractivity contribution in [1.29, 1.82) is 0 Å². The first-order valence-electron chi connectivity index (χ1n) is 10.1. The number of aromatic hydroxyl groups is 1. The molecule has 0 aliphatic rings. The maximum Gasteiger partial charge on any atom is 0.203 e. The summed E-state index contributed by atoms with van der Waals surface area (Å²) in [6.45, 7) is 2.34. The van der Waals surface area contributed by atoms with Gasteiger partial charge in [-0.05, 0) is 57.8 Å². The molecular weight excluding hydrogens is 472 g/mol. The number of phenols is 1. The number of benzene rings is 3. The molecule has 3 aromatic carbocycles. The highest BCUT2D eigenvalue weighted by Crippen LogP contribution is 2.39. The van der Waals surface area contributed by atoms with E-state index in [0.29, 0.717) is 39.5 Å². The highest BCUT2D eigenvalue weighted by atomic mass is 79.9. The van der Waals surface area contributed by atoms with Crippen LogP contribution in [0.2, 0.25) is 0 Å². The minimum atomic E-state index is -0.258. The zero-order valence-electron chi connectivity index (χ0n) is 18.2. The fraction of sp³-hybridized carbons (Fsp3) is 0.192. The topological polar surface area (TPSA) is 65.0 Å². The van der Waals surface area contributed by atoms with E-state index in [1.54, 1.807) is 24.3 Å². The van der Waals surface area contributed by atoms with E-state index in [0.717, 1.165) is 17.5 Å². The Morgan fingerprint density at radius 3 is 2.28 bits per heavy atom. The Kier molecular flexibility index (Phi) is 7.95. The number of phenolic OH excluding ortho intramolecular Hbond substituents is 1. The molecule has 0 spiro atoms. The predicted molar refractivity (Wildman–Crippen MR) is 129 cm³/mol. The summed E-state index contributed by atoms with van der Waals surface area (Å²) in [5.74, 6) is 1.07. The van der Waals surface area contributed by atoms with Crippen LogP contribution in [-0.4, -0.2) is 25.1 Å². The molecule has 0 amide bonds. The van der Waals surface area contributed by atoms with Gasteiger partial charge in [0, 0.05) is 11.1 Å². The SMILES string of the molecule is CCc1ccc(C=CC(=O)c2cc(OC)c(OCc3ccccc3)c(OC)c2)c(O)c1Br. The van der Waals surface area contributed by atoms with E-state index in [1.165, 1.54) is 20.3 Å². The number of ketones is 1. The quantitative estimate of drug-likeness (QED) is 0.281. The molecule has 0 fully saturated rings. The summed E-state index contributed by atoms with van der Waals surface area (Å²) < 4.78 is 17.5. The molecule has 0 atom stereocenters. The first-order valence-corrected chi connectivity index (χ1v) is 10.9. The van der Waals surface area contributed by atoms with Crippen molar-refractivity contribution < 1.29 is 24.1 Å². The fourth-order valence-electron chi connectivity index (χ4n) is 3.18. The molecule has 166 valence electrons. The van der Waals surface area contributed by atoms with Crippen LogP contribution in [0.1, 0.15) is 34.0 Å². The van der Waals surface area contributed by atoms with Gasteiger partial charge in [-0.2, -0.15) is 0 Å². The van der Waals surface area contributed by atoms with Gasteiger partial charge in [0.2, 0.25) is 5.75 Å². The molecule has 0 radical (unpaired) electrons. The van der Waals surface area contributed by atoms with E-state index in [1.807, 2.05) is 43.3 Å². The minimum Gasteiger partial charge on any atom is -0.506 e. The molecule has 1 N–H and O–H groups in total. The molecule has 0 aliphatic heterocycles. The van der Waals surface area contributed by atoms with Crippen LogP contribution in [0.3, 0.4) is 0 Å². The van der Waals surface area contributed by atoms with E-state index in [2.05, 4.69) is 15.9 Å². The maximum atomic E-state index is 12.8. The Labute approximate surface area is 196 Å². The zero-order chi connectivity index (χ0) is 23.1. The van der Waals surface area contributed by atoms with Crippen LogP contribution in [-0.2, 0) is 13.0 Å². The number of carbonyl (C=O) groups is 1. The summed E-state index contributed by atoms with van der Waals surface area (Å²) in [4.78, 5) is 12.8. The second-order valence-corrected chi connectivity index (χ2v) is 7.80. The number of halogens is 1. The zero-order valence-corrected chi connectivity index (χ0v) is 19.8. The third kappa shape index (κ3) is 5.32. The molecule has 5 nitrogen and oxygen atoms in total. The van der Waals surface area contributed by atoms with E-state index >= 15 is 0 Å². The van der Waals surface area contributed by atoms with Crippen molar-refractivity contribution in [2.24, 2.45) is 0 Å². The van der Waals surface area contributed by atoms with E-state index in [4.69, 9.17) is 14.2 Å². The van der Waals surface area contributed by atoms with Crippen LogP contribution >= 0.6 is 15.9 Å². The summed E-state index contributed by atoms with van der Waals surface area (Å²) >= 11 is 3.40. The van der Waals surface area contributed by atoms with Gasteiger partial charge in [0.15, 0.2) is 17.3 Å². The molecule has 32 heavy (non-hydrogen) atoms. The Balaban J connectivity index is 1.85. The number of hydrogen-bond acceptors (Lipinski definition) is 5. The molecule has 0 aromatic heterocycles. The van der Waals surface area contributed by atoms with Crippen molar-refractivity contribution in [1.82, 2.24) is 0 Å². The highest BCUT2D eigenvalue weighted by molar-refractivity contribution is 9.10. The third-order valence-corrected chi connectivity index (χ3v) is 5.88. The number of aryl methyl sites for hydroxylation is 1. The standard InChI is InChI=1S/C26H25BrO5/c1-4-18-10-11-19(25(29)24(18)27)12-13-21(28)20-14-22(30-2)26(23(15-20)31-3)32-16-17-8-6-5-7-9-17/h5-15,29H,4,16H2,1-3H3. The first-order chi connectivity index (χ1) is 15.5. The van der Waals surface area contributed by atoms with Crippen molar-refractivity contribution in [3.8, 4) is 23.0 Å². The fourth-order valence-corrected chi connectivity index (χ4v) is 3.83. The van der Waals surface area contributed by atoms with Gasteiger partial charge in [0.1, 0.15) is 12.4 Å². The van der Waals surface area contributed by atoms with E-state index < -0.39 is 0 Å². The Morgan fingerprint density at radius 2 is 1.69 bits per heavy atom. The van der Waals surface area contributed by atoms with Crippen LogP contribution in [0.25, 0.3) is 6.08 Å². The molecule has 3 aromatic rings. The molecule has 3 rings (SSSR count). The van der Waals surface area contributed by atoms with Crippen LogP contribution in [0, 0.1) is 0 Å². The minimum absolute atomic E-state index is 0.105. The number of rotatable bonds is 9. The summed E-state index contributed by atoms with van der Waals surface area (Å²) in [6.07, 6.45) is 3.78. The van der Waals surface area contributed by atoms with Crippen molar-refractivity contribution in [2.75, 3.05) is 14.2 Å². The van der Waals surface area contributed by atoms with Gasteiger partial charge in [-0.15, -0.1) is 0 Å². The Hall–Kier alpha value is -3.25. The molecule has 0 unspecified atom stereocenters. The number of carbonyl (C=O) groups excluding carboxylic acids is 1. The normalized spacial score (nSPS) is 10.9. The van der Waals surface area contributed by atoms with Crippen molar-refractivity contribution >= 4 is 27.8 Å². The largest absolute Gasteiger partial charge is 0.506 e. The van der Waals surface area contributed by atoms with Gasteiger partial charge in [0.25, 0.3) is 0 Å². The molecular formula is C26H25BrO5. The summed E-state index contributed by atoms with van der Waals surface area (Å²) in [5, 5.41) is 10.4. The number of methoxy groups -OCH3 is 2. The monoisotopic (exact) mass is 496 g/mol. The lowest BCUT2D eigenvalue weighted by Gasteiger charge is -2.15. The third-order valence-electron chi connectivity index (χ3n) is 4.99. The van der Waals surface area contributed by atoms with Crippen molar-refractivity contribution in [3.63, 3.8) is 0 Å².